The van der Waals surface area contributed by atoms with E-state index in [1.165, 1.54) is 74.5 Å². The van der Waals surface area contributed by atoms with Crippen molar-refractivity contribution in [2.75, 3.05) is 0 Å². The van der Waals surface area contributed by atoms with Gasteiger partial charge in [-0.15, -0.1) is 0 Å². The first kappa shape index (κ1) is 26.5. The highest BCUT2D eigenvalue weighted by Gasteiger charge is 2.14. The summed E-state index contributed by atoms with van der Waals surface area (Å²) in [5.74, 6) is 1.53. The molecule has 0 heterocycles. The molecular weight excluding hydrogens is 360 g/mol. The Kier molecular flexibility index (Phi) is 12.7. The summed E-state index contributed by atoms with van der Waals surface area (Å²) in [5.41, 5.74) is 9.02. The van der Waals surface area contributed by atoms with Crippen LogP contribution in [0.1, 0.15) is 106 Å². The van der Waals surface area contributed by atoms with Gasteiger partial charge in [-0.2, -0.15) is 0 Å². The minimum atomic E-state index is 0.749. The van der Waals surface area contributed by atoms with Gasteiger partial charge in [0.15, 0.2) is 0 Å². The highest BCUT2D eigenvalue weighted by molar-refractivity contribution is 5.27. The summed E-state index contributed by atoms with van der Waals surface area (Å²) in [7, 11) is 0. The molecular formula is C30H48. The Balaban J connectivity index is 0.000000300. The summed E-state index contributed by atoms with van der Waals surface area (Å²) in [4.78, 5) is 0. The van der Waals surface area contributed by atoms with E-state index in [1.54, 1.807) is 16.7 Å². The molecule has 2 unspecified atom stereocenters. The Morgan fingerprint density at radius 1 is 0.967 bits per heavy atom. The molecule has 0 aromatic heterocycles. The van der Waals surface area contributed by atoms with Crippen molar-refractivity contribution in [2.45, 2.75) is 106 Å². The first-order chi connectivity index (χ1) is 14.2. The van der Waals surface area contributed by atoms with Gasteiger partial charge in [-0.05, 0) is 117 Å². The van der Waals surface area contributed by atoms with Crippen LogP contribution in [0.25, 0.3) is 0 Å². The molecule has 30 heavy (non-hydrogen) atoms. The molecule has 0 N–H and O–H groups in total. The van der Waals surface area contributed by atoms with Crippen LogP contribution in [0.5, 0.6) is 0 Å². The molecule has 0 aliphatic heterocycles. The van der Waals surface area contributed by atoms with Crippen LogP contribution in [-0.4, -0.2) is 0 Å². The lowest BCUT2D eigenvalue weighted by atomic mass is 9.84. The Morgan fingerprint density at radius 2 is 1.60 bits per heavy atom. The first-order valence-corrected chi connectivity index (χ1v) is 12.2. The predicted molar refractivity (Wildman–Crippen MR) is 138 cm³/mol. The highest BCUT2D eigenvalue weighted by Crippen LogP contribution is 2.30. The lowest BCUT2D eigenvalue weighted by Gasteiger charge is -2.22. The zero-order valence-corrected chi connectivity index (χ0v) is 21.1. The SMILES string of the molecule is C=C(CCC=C(C)C)C1CC=C(C)CC1.CC(C)=CCC/C(C)=C1\C=CC(C)CC1. The Morgan fingerprint density at radius 3 is 2.10 bits per heavy atom. The molecule has 2 atom stereocenters. The summed E-state index contributed by atoms with van der Waals surface area (Å²) < 4.78 is 0. The van der Waals surface area contributed by atoms with Crippen molar-refractivity contribution < 1.29 is 0 Å². The summed E-state index contributed by atoms with van der Waals surface area (Å²) in [6, 6.07) is 0. The Labute approximate surface area is 188 Å². The molecule has 0 spiro atoms. The van der Waals surface area contributed by atoms with Crippen LogP contribution in [0.2, 0.25) is 0 Å². The number of hydrogen-bond acceptors (Lipinski definition) is 0. The quantitative estimate of drug-likeness (QED) is 0.367. The van der Waals surface area contributed by atoms with Gasteiger partial charge in [-0.25, -0.2) is 0 Å². The standard InChI is InChI=1S/2C15H24/c2*1-12(2)6-5-7-14(4)15-10-8-13(3)9-11-15/h6,8,10,13H,5,7,9,11H2,1-4H3;6,8,15H,4-5,7,9-11H2,1-3H3/b15-14+;. The predicted octanol–water partition coefficient (Wildman–Crippen LogP) is 10.1. The van der Waals surface area contributed by atoms with E-state index in [1.807, 2.05) is 0 Å². The van der Waals surface area contributed by atoms with Gasteiger partial charge in [0.2, 0.25) is 0 Å². The van der Waals surface area contributed by atoms with Crippen molar-refractivity contribution in [3.63, 3.8) is 0 Å². The van der Waals surface area contributed by atoms with Gasteiger partial charge in [0.05, 0.1) is 0 Å². The lowest BCUT2D eigenvalue weighted by Crippen LogP contribution is -2.07. The van der Waals surface area contributed by atoms with Crippen LogP contribution in [0.15, 0.2) is 70.4 Å². The third-order valence-corrected chi connectivity index (χ3v) is 6.35. The van der Waals surface area contributed by atoms with Crippen molar-refractivity contribution in [1.82, 2.24) is 0 Å². The maximum absolute atomic E-state index is 4.24. The molecule has 0 saturated heterocycles. The smallest absolute Gasteiger partial charge is 0.0168 e. The molecule has 2 aliphatic carbocycles. The van der Waals surface area contributed by atoms with E-state index in [-0.39, 0.29) is 0 Å². The molecule has 0 aromatic carbocycles. The van der Waals surface area contributed by atoms with Crippen molar-refractivity contribution in [1.29, 1.82) is 0 Å². The average Bonchev–Trinajstić information content (AvgIpc) is 2.69. The van der Waals surface area contributed by atoms with Crippen molar-refractivity contribution in [3.8, 4) is 0 Å². The molecule has 0 saturated carbocycles. The lowest BCUT2D eigenvalue weighted by molar-refractivity contribution is 0.524. The second kappa shape index (κ2) is 14.4. The van der Waals surface area contributed by atoms with Crippen LogP contribution in [0, 0.1) is 11.8 Å². The third-order valence-electron chi connectivity index (χ3n) is 6.35. The van der Waals surface area contributed by atoms with E-state index < -0.39 is 0 Å². The molecule has 0 heteroatoms. The molecule has 0 amide bonds. The minimum Gasteiger partial charge on any atom is -0.0996 e. The van der Waals surface area contributed by atoms with Gasteiger partial charge >= 0.3 is 0 Å². The highest BCUT2D eigenvalue weighted by atomic mass is 14.2. The van der Waals surface area contributed by atoms with E-state index in [2.05, 4.69) is 85.4 Å². The zero-order valence-electron chi connectivity index (χ0n) is 21.1. The number of rotatable bonds is 7. The van der Waals surface area contributed by atoms with Gasteiger partial charge in [0.1, 0.15) is 0 Å². The molecule has 0 radical (unpaired) electrons. The second-order valence-electron chi connectivity index (χ2n) is 10.0. The van der Waals surface area contributed by atoms with Gasteiger partial charge < -0.3 is 0 Å². The molecule has 2 rings (SSSR count). The third kappa shape index (κ3) is 11.6. The second-order valence-corrected chi connectivity index (χ2v) is 10.0. The van der Waals surface area contributed by atoms with Gasteiger partial charge in [0.25, 0.3) is 0 Å². The largest absolute Gasteiger partial charge is 0.0996 e. The first-order valence-electron chi connectivity index (χ1n) is 12.2. The summed E-state index contributed by atoms with van der Waals surface area (Å²) in [6.07, 6.45) is 22.9. The van der Waals surface area contributed by atoms with Crippen LogP contribution in [0.4, 0.5) is 0 Å². The summed E-state index contributed by atoms with van der Waals surface area (Å²) in [6.45, 7) is 19.7. The fraction of sp³-hybridized carbons (Fsp3) is 0.600. The van der Waals surface area contributed by atoms with Crippen molar-refractivity contribution in [3.05, 3.63) is 70.4 Å². The molecule has 0 nitrogen and oxygen atoms in total. The van der Waals surface area contributed by atoms with E-state index in [0.29, 0.717) is 0 Å². The molecule has 2 aliphatic rings. The van der Waals surface area contributed by atoms with E-state index in [0.717, 1.165) is 11.8 Å². The summed E-state index contributed by atoms with van der Waals surface area (Å²) in [5, 5.41) is 0. The van der Waals surface area contributed by atoms with Crippen LogP contribution >= 0.6 is 0 Å². The van der Waals surface area contributed by atoms with Crippen molar-refractivity contribution >= 4 is 0 Å². The molecule has 0 bridgehead atoms. The van der Waals surface area contributed by atoms with E-state index in [9.17, 15) is 0 Å². The van der Waals surface area contributed by atoms with Gasteiger partial charge in [-0.1, -0.05) is 71.7 Å². The molecule has 0 fully saturated rings. The summed E-state index contributed by atoms with van der Waals surface area (Å²) >= 11 is 0. The van der Waals surface area contributed by atoms with E-state index in [4.69, 9.17) is 0 Å². The normalized spacial score (nSPS) is 22.3. The molecule has 0 aromatic rings. The maximum Gasteiger partial charge on any atom is -0.0168 e. The van der Waals surface area contributed by atoms with Crippen LogP contribution in [0.3, 0.4) is 0 Å². The van der Waals surface area contributed by atoms with Crippen molar-refractivity contribution in [2.24, 2.45) is 11.8 Å². The Bertz CT molecular complexity index is 682. The van der Waals surface area contributed by atoms with E-state index >= 15 is 0 Å². The molecule has 168 valence electrons. The Hall–Kier alpha value is -1.56. The fourth-order valence-corrected chi connectivity index (χ4v) is 4.02. The average molecular weight is 409 g/mol. The van der Waals surface area contributed by atoms with Gasteiger partial charge in [-0.3, -0.25) is 0 Å². The zero-order chi connectivity index (χ0) is 22.5. The minimum absolute atomic E-state index is 0.749. The van der Waals surface area contributed by atoms with Crippen LogP contribution in [-0.2, 0) is 0 Å². The monoisotopic (exact) mass is 408 g/mol. The number of allylic oxidation sites excluding steroid dienone is 11. The van der Waals surface area contributed by atoms with Crippen LogP contribution < -0.4 is 0 Å². The topological polar surface area (TPSA) is 0 Å². The number of hydrogen-bond donors (Lipinski definition) is 0. The maximum atomic E-state index is 4.24. The fourth-order valence-electron chi connectivity index (χ4n) is 4.02. The van der Waals surface area contributed by atoms with Gasteiger partial charge in [0, 0.05) is 0 Å².